The second-order valence-electron chi connectivity index (χ2n) is 8.57. The van der Waals surface area contributed by atoms with E-state index in [9.17, 15) is 0 Å². The first kappa shape index (κ1) is 23.0. The molecule has 0 bridgehead atoms. The summed E-state index contributed by atoms with van der Waals surface area (Å²) in [6.45, 7) is 5.74. The third kappa shape index (κ3) is 4.73. The van der Waals surface area contributed by atoms with Crippen LogP contribution in [0.4, 0.5) is 5.69 Å². The first-order valence-corrected chi connectivity index (χ1v) is 13.0. The minimum Gasteiger partial charge on any atom is -0.360 e. The molecule has 4 aromatic rings. The number of nitrogens with zero attached hydrogens (tertiary/aromatic N) is 3. The maximum atomic E-state index is 6.36. The van der Waals surface area contributed by atoms with Crippen molar-refractivity contribution in [3.05, 3.63) is 75.3 Å². The standard InChI is InChI=1S/C26H25ClN4OS2/c1-16-8-9-21(20(27)14-16)29-26(33)31-12-10-19(11-13-31)25-28-22(15-34-25)23-17(2)32-30-24(23)18-6-4-3-5-7-18/h3-9,14-15,19H,10-13H2,1-2H3,(H,29,33). The highest BCUT2D eigenvalue weighted by molar-refractivity contribution is 7.80. The molecule has 1 fully saturated rings. The number of aromatic nitrogens is 2. The van der Waals surface area contributed by atoms with Crippen LogP contribution in [0, 0.1) is 13.8 Å². The maximum absolute atomic E-state index is 6.36. The van der Waals surface area contributed by atoms with Crippen LogP contribution in [-0.4, -0.2) is 33.2 Å². The molecule has 0 amide bonds. The van der Waals surface area contributed by atoms with Gasteiger partial charge in [0.25, 0.3) is 0 Å². The van der Waals surface area contributed by atoms with E-state index in [4.69, 9.17) is 33.3 Å². The number of hydrogen-bond acceptors (Lipinski definition) is 5. The first-order valence-electron chi connectivity index (χ1n) is 11.3. The summed E-state index contributed by atoms with van der Waals surface area (Å²) in [6.07, 6.45) is 2.01. The van der Waals surface area contributed by atoms with Crippen LogP contribution >= 0.6 is 35.2 Å². The maximum Gasteiger partial charge on any atom is 0.173 e. The SMILES string of the molecule is Cc1ccc(NC(=S)N2CCC(c3nc(-c4c(-c5ccccc5)noc4C)cs3)CC2)c(Cl)c1. The van der Waals surface area contributed by atoms with E-state index in [1.54, 1.807) is 11.3 Å². The van der Waals surface area contributed by atoms with Gasteiger partial charge >= 0.3 is 0 Å². The molecule has 1 aliphatic heterocycles. The zero-order valence-corrected chi connectivity index (χ0v) is 21.4. The molecule has 2 aromatic carbocycles. The van der Waals surface area contributed by atoms with Crippen LogP contribution in [0.25, 0.3) is 22.5 Å². The molecule has 1 saturated heterocycles. The Morgan fingerprint density at radius 2 is 1.91 bits per heavy atom. The molecular formula is C26H25ClN4OS2. The van der Waals surface area contributed by atoms with Gasteiger partial charge in [0.1, 0.15) is 11.5 Å². The summed E-state index contributed by atoms with van der Waals surface area (Å²) in [5.41, 5.74) is 5.77. The lowest BCUT2D eigenvalue weighted by Gasteiger charge is -2.33. The summed E-state index contributed by atoms with van der Waals surface area (Å²) in [7, 11) is 0. The van der Waals surface area contributed by atoms with Gasteiger partial charge in [-0.3, -0.25) is 0 Å². The summed E-state index contributed by atoms with van der Waals surface area (Å²) >= 11 is 13.7. The zero-order valence-electron chi connectivity index (χ0n) is 19.0. The Bertz CT molecular complexity index is 1310. The number of hydrogen-bond donors (Lipinski definition) is 1. The van der Waals surface area contributed by atoms with Crippen LogP contribution in [0.2, 0.25) is 5.02 Å². The van der Waals surface area contributed by atoms with Gasteiger partial charge in [-0.2, -0.15) is 0 Å². The Balaban J connectivity index is 1.26. The Hall–Kier alpha value is -2.74. The van der Waals surface area contributed by atoms with Gasteiger partial charge in [-0.15, -0.1) is 11.3 Å². The van der Waals surface area contributed by atoms with E-state index in [2.05, 4.69) is 20.8 Å². The number of piperidine rings is 1. The number of thiocarbonyl (C=S) groups is 1. The molecule has 0 unspecified atom stereocenters. The first-order chi connectivity index (χ1) is 16.5. The Morgan fingerprint density at radius 1 is 1.15 bits per heavy atom. The number of nitrogens with one attached hydrogen (secondary N) is 1. The van der Waals surface area contributed by atoms with Gasteiger partial charge in [-0.1, -0.05) is 53.2 Å². The highest BCUT2D eigenvalue weighted by Gasteiger charge is 2.26. The van der Waals surface area contributed by atoms with Crippen molar-refractivity contribution in [1.29, 1.82) is 0 Å². The minimum atomic E-state index is 0.418. The number of thiazole rings is 1. The largest absolute Gasteiger partial charge is 0.360 e. The van der Waals surface area contributed by atoms with E-state index in [0.29, 0.717) is 10.9 Å². The highest BCUT2D eigenvalue weighted by Crippen LogP contribution is 2.38. The molecule has 2 aromatic heterocycles. The molecule has 0 aliphatic carbocycles. The summed E-state index contributed by atoms with van der Waals surface area (Å²) in [5.74, 6) is 1.21. The van der Waals surface area contributed by atoms with E-state index in [0.717, 1.165) is 75.6 Å². The molecule has 0 atom stereocenters. The smallest absolute Gasteiger partial charge is 0.173 e. The monoisotopic (exact) mass is 508 g/mol. The third-order valence-corrected chi connectivity index (χ3v) is 7.87. The minimum absolute atomic E-state index is 0.418. The van der Waals surface area contributed by atoms with Crippen molar-refractivity contribution < 1.29 is 4.52 Å². The van der Waals surface area contributed by atoms with E-state index in [-0.39, 0.29) is 0 Å². The van der Waals surface area contributed by atoms with Gasteiger partial charge in [0, 0.05) is 30.0 Å². The van der Waals surface area contributed by atoms with Crippen molar-refractivity contribution in [2.24, 2.45) is 0 Å². The Morgan fingerprint density at radius 3 is 2.65 bits per heavy atom. The van der Waals surface area contributed by atoms with Gasteiger partial charge in [-0.25, -0.2) is 4.98 Å². The van der Waals surface area contributed by atoms with Crippen molar-refractivity contribution >= 4 is 46.0 Å². The number of likely N-dealkylation sites (tertiary alicyclic amines) is 1. The predicted molar refractivity (Wildman–Crippen MR) is 144 cm³/mol. The average Bonchev–Trinajstić information content (AvgIpc) is 3.48. The second kappa shape index (κ2) is 9.86. The van der Waals surface area contributed by atoms with Gasteiger partial charge in [0.2, 0.25) is 0 Å². The van der Waals surface area contributed by atoms with E-state index in [1.165, 1.54) is 0 Å². The molecule has 1 aliphatic rings. The molecule has 174 valence electrons. The number of benzene rings is 2. The molecule has 34 heavy (non-hydrogen) atoms. The van der Waals surface area contributed by atoms with Crippen molar-refractivity contribution in [3.63, 3.8) is 0 Å². The predicted octanol–water partition coefficient (Wildman–Crippen LogP) is 7.31. The number of anilines is 1. The fraction of sp³-hybridized carbons (Fsp3) is 0.269. The highest BCUT2D eigenvalue weighted by atomic mass is 35.5. The lowest BCUT2D eigenvalue weighted by Crippen LogP contribution is -2.40. The molecular weight excluding hydrogens is 484 g/mol. The molecule has 0 saturated carbocycles. The third-order valence-electron chi connectivity index (χ3n) is 6.19. The normalized spacial score (nSPS) is 14.4. The zero-order chi connectivity index (χ0) is 23.7. The van der Waals surface area contributed by atoms with Gasteiger partial charge in [-0.05, 0) is 56.6 Å². The number of rotatable bonds is 4. The van der Waals surface area contributed by atoms with Gasteiger partial charge < -0.3 is 14.7 Å². The van der Waals surface area contributed by atoms with E-state index in [1.807, 2.05) is 62.4 Å². The van der Waals surface area contributed by atoms with E-state index < -0.39 is 0 Å². The van der Waals surface area contributed by atoms with Crippen LogP contribution in [0.3, 0.4) is 0 Å². The van der Waals surface area contributed by atoms with Crippen LogP contribution in [-0.2, 0) is 0 Å². The van der Waals surface area contributed by atoms with Crippen LogP contribution < -0.4 is 5.32 Å². The van der Waals surface area contributed by atoms with Crippen LogP contribution in [0.1, 0.15) is 35.1 Å². The van der Waals surface area contributed by atoms with Crippen molar-refractivity contribution in [2.75, 3.05) is 18.4 Å². The second-order valence-corrected chi connectivity index (χ2v) is 10.3. The fourth-order valence-electron chi connectivity index (χ4n) is 4.30. The summed E-state index contributed by atoms with van der Waals surface area (Å²) in [5, 5.41) is 12.3. The molecule has 5 nitrogen and oxygen atoms in total. The molecule has 8 heteroatoms. The molecule has 5 rings (SSSR count). The molecule has 0 radical (unpaired) electrons. The summed E-state index contributed by atoms with van der Waals surface area (Å²) in [6, 6.07) is 16.1. The van der Waals surface area contributed by atoms with E-state index >= 15 is 0 Å². The van der Waals surface area contributed by atoms with Gasteiger partial charge in [0.05, 0.1) is 27.0 Å². The molecule has 3 heterocycles. The molecule has 0 spiro atoms. The molecule has 1 N–H and O–H groups in total. The summed E-state index contributed by atoms with van der Waals surface area (Å²) in [4.78, 5) is 7.23. The average molecular weight is 509 g/mol. The topological polar surface area (TPSA) is 54.2 Å². The lowest BCUT2D eigenvalue weighted by molar-refractivity contribution is 0.316. The Kier molecular flexibility index (Phi) is 6.68. The Labute approximate surface area is 213 Å². The van der Waals surface area contributed by atoms with Crippen LogP contribution in [0.15, 0.2) is 58.4 Å². The summed E-state index contributed by atoms with van der Waals surface area (Å²) < 4.78 is 5.54. The number of halogens is 1. The fourth-order valence-corrected chi connectivity index (χ4v) is 5.86. The van der Waals surface area contributed by atoms with Crippen molar-refractivity contribution in [2.45, 2.75) is 32.6 Å². The quantitative estimate of drug-likeness (QED) is 0.291. The van der Waals surface area contributed by atoms with Crippen molar-refractivity contribution in [3.8, 4) is 22.5 Å². The van der Waals surface area contributed by atoms with Gasteiger partial charge in [0.15, 0.2) is 5.11 Å². The lowest BCUT2D eigenvalue weighted by atomic mass is 9.97. The number of aryl methyl sites for hydroxylation is 2. The van der Waals surface area contributed by atoms with Crippen LogP contribution in [0.5, 0.6) is 0 Å². The van der Waals surface area contributed by atoms with Crippen molar-refractivity contribution in [1.82, 2.24) is 15.0 Å².